The molecular weight excluding hydrogens is 421 g/mol. The normalized spacial score (nSPS) is 12.2. The van der Waals surface area contributed by atoms with Crippen LogP contribution in [0.25, 0.3) is 22.2 Å². The first-order chi connectivity index (χ1) is 15.2. The van der Waals surface area contributed by atoms with Crippen LogP contribution in [0.3, 0.4) is 0 Å². The molecule has 9 heteroatoms. The summed E-state index contributed by atoms with van der Waals surface area (Å²) in [5.41, 5.74) is 6.20. The van der Waals surface area contributed by atoms with Crippen LogP contribution in [0.1, 0.15) is 21.6 Å². The number of nitrogens with two attached hydrogens (primary N) is 1. The molecule has 0 aliphatic heterocycles. The Morgan fingerprint density at radius 2 is 1.72 bits per heavy atom. The molecule has 162 valence electrons. The van der Waals surface area contributed by atoms with E-state index >= 15 is 0 Å². The van der Waals surface area contributed by atoms with Crippen LogP contribution in [0.15, 0.2) is 78.1 Å². The Labute approximate surface area is 180 Å². The van der Waals surface area contributed by atoms with Crippen LogP contribution in [0.5, 0.6) is 0 Å². The van der Waals surface area contributed by atoms with Gasteiger partial charge in [0.25, 0.3) is 0 Å². The highest BCUT2D eigenvalue weighted by molar-refractivity contribution is 6.05. The Bertz CT molecular complexity index is 1320. The minimum atomic E-state index is -4.53. The lowest BCUT2D eigenvalue weighted by Gasteiger charge is -2.06. The van der Waals surface area contributed by atoms with E-state index in [9.17, 15) is 18.0 Å². The summed E-state index contributed by atoms with van der Waals surface area (Å²) in [5, 5.41) is 5.32. The molecule has 0 aliphatic carbocycles. The number of aromatic nitrogens is 2. The number of fused-ring (bicyclic) bond motifs is 1. The van der Waals surface area contributed by atoms with Crippen LogP contribution in [-0.2, 0) is 18.1 Å². The van der Waals surface area contributed by atoms with Gasteiger partial charge in [-0.25, -0.2) is 9.78 Å². The van der Waals surface area contributed by atoms with Crippen molar-refractivity contribution < 1.29 is 22.8 Å². The fraction of sp³-hybridized carbons (Fsp3) is 0.0870. The summed E-state index contributed by atoms with van der Waals surface area (Å²) in [4.78, 5) is 21.1. The molecule has 1 heterocycles. The van der Waals surface area contributed by atoms with E-state index in [1.165, 1.54) is 11.6 Å². The van der Waals surface area contributed by atoms with Crippen LogP contribution in [0.4, 0.5) is 13.2 Å². The predicted octanol–water partition coefficient (Wildman–Crippen LogP) is 4.74. The molecule has 0 saturated carbocycles. The van der Waals surface area contributed by atoms with Crippen molar-refractivity contribution in [3.8, 4) is 11.4 Å². The second-order valence-corrected chi connectivity index (χ2v) is 7.02. The second kappa shape index (κ2) is 8.18. The number of hydrogen-bond acceptors (Lipinski definition) is 4. The number of hydrogen-bond donors (Lipinski definition) is 1. The minimum Gasteiger partial charge on any atom is -0.380 e. The van der Waals surface area contributed by atoms with Gasteiger partial charge in [0.05, 0.1) is 5.56 Å². The highest BCUT2D eigenvalue weighted by atomic mass is 19.4. The van der Waals surface area contributed by atoms with Gasteiger partial charge < -0.3 is 15.1 Å². The number of oxime groups is 1. The van der Waals surface area contributed by atoms with Gasteiger partial charge in [-0.05, 0) is 16.8 Å². The topological polar surface area (TPSA) is 82.5 Å². The van der Waals surface area contributed by atoms with Gasteiger partial charge in [-0.15, -0.1) is 0 Å². The number of imidazole rings is 1. The van der Waals surface area contributed by atoms with E-state index in [1.807, 2.05) is 24.3 Å². The maximum absolute atomic E-state index is 12.9. The monoisotopic (exact) mass is 438 g/mol. The van der Waals surface area contributed by atoms with Crippen LogP contribution in [0.2, 0.25) is 0 Å². The molecule has 1 aromatic heterocycles. The number of aryl methyl sites for hydroxylation is 1. The van der Waals surface area contributed by atoms with E-state index in [0.29, 0.717) is 16.7 Å². The number of halogens is 3. The summed E-state index contributed by atoms with van der Waals surface area (Å²) in [6.45, 7) is 0. The van der Waals surface area contributed by atoms with Crippen molar-refractivity contribution in [1.82, 2.24) is 9.55 Å². The van der Waals surface area contributed by atoms with Gasteiger partial charge in [0.15, 0.2) is 11.5 Å². The summed E-state index contributed by atoms with van der Waals surface area (Å²) in [7, 11) is 1.48. The third-order valence-electron chi connectivity index (χ3n) is 4.84. The van der Waals surface area contributed by atoms with Gasteiger partial charge in [-0.2, -0.15) is 13.2 Å². The number of benzene rings is 3. The van der Waals surface area contributed by atoms with Crippen molar-refractivity contribution in [2.45, 2.75) is 6.18 Å². The third-order valence-corrected chi connectivity index (χ3v) is 4.84. The summed E-state index contributed by atoms with van der Waals surface area (Å²) in [5.74, 6) is -0.559. The largest absolute Gasteiger partial charge is 0.434 e. The molecule has 0 spiro atoms. The number of nitrogens with zero attached hydrogens (tertiary/aromatic N) is 3. The molecule has 0 atom stereocenters. The first-order valence-electron chi connectivity index (χ1n) is 9.48. The molecule has 0 amide bonds. The Morgan fingerprint density at radius 3 is 2.41 bits per heavy atom. The summed E-state index contributed by atoms with van der Waals surface area (Å²) < 4.78 is 39.9. The lowest BCUT2D eigenvalue weighted by molar-refractivity contribution is -0.140. The summed E-state index contributed by atoms with van der Waals surface area (Å²) in [6.07, 6.45) is -3.60. The van der Waals surface area contributed by atoms with E-state index in [2.05, 4.69) is 10.1 Å². The van der Waals surface area contributed by atoms with Crippen LogP contribution in [0, 0.1) is 0 Å². The molecular formula is C23H17F3N4O2. The lowest BCUT2D eigenvalue weighted by atomic mass is 10.1. The Hall–Kier alpha value is -4.14. The molecule has 0 aliphatic rings. The zero-order chi connectivity index (χ0) is 22.9. The first-order valence-corrected chi connectivity index (χ1v) is 9.48. The average Bonchev–Trinajstić information content (AvgIpc) is 3.19. The molecule has 0 saturated heterocycles. The molecule has 32 heavy (non-hydrogen) atoms. The number of carbonyl (C=O) groups is 1. The molecule has 6 nitrogen and oxygen atoms in total. The average molecular weight is 438 g/mol. The van der Waals surface area contributed by atoms with E-state index in [1.54, 1.807) is 42.5 Å². The Morgan fingerprint density at radius 1 is 1.03 bits per heavy atom. The van der Waals surface area contributed by atoms with Crippen molar-refractivity contribution >= 4 is 22.6 Å². The standard InChI is InChI=1S/C23H17F3N4O2/c1-30-13-19(23(24,25)26)28-21(30)16-11-9-15(10-12-16)20(27)29-32-22(31)18-8-4-6-14-5-2-3-7-17(14)18/h2-13H,1H3,(H2,27,29). The highest BCUT2D eigenvalue weighted by Gasteiger charge is 2.34. The van der Waals surface area contributed by atoms with E-state index < -0.39 is 17.8 Å². The zero-order valence-electron chi connectivity index (χ0n) is 16.8. The Kier molecular flexibility index (Phi) is 5.40. The second-order valence-electron chi connectivity index (χ2n) is 7.02. The van der Waals surface area contributed by atoms with Gasteiger partial charge in [0, 0.05) is 24.4 Å². The van der Waals surface area contributed by atoms with Crippen LogP contribution >= 0.6 is 0 Å². The van der Waals surface area contributed by atoms with Crippen molar-refractivity contribution in [1.29, 1.82) is 0 Å². The predicted molar refractivity (Wildman–Crippen MR) is 114 cm³/mol. The van der Waals surface area contributed by atoms with E-state index in [4.69, 9.17) is 10.6 Å². The van der Waals surface area contributed by atoms with E-state index in [0.717, 1.165) is 17.0 Å². The summed E-state index contributed by atoms with van der Waals surface area (Å²) >= 11 is 0. The van der Waals surface area contributed by atoms with Crippen LogP contribution < -0.4 is 5.73 Å². The SMILES string of the molecule is Cn1cc(C(F)(F)F)nc1-c1ccc(C(N)=NOC(=O)c2cccc3ccccc23)cc1. The summed E-state index contributed by atoms with van der Waals surface area (Å²) in [6, 6.07) is 18.9. The van der Waals surface area contributed by atoms with Gasteiger partial charge in [0.2, 0.25) is 0 Å². The molecule has 3 aromatic carbocycles. The maximum Gasteiger partial charge on any atom is 0.434 e. The molecule has 4 rings (SSSR count). The quantitative estimate of drug-likeness (QED) is 0.216. The van der Waals surface area contributed by atoms with Gasteiger partial charge >= 0.3 is 12.1 Å². The molecule has 0 radical (unpaired) electrons. The fourth-order valence-corrected chi connectivity index (χ4v) is 3.26. The lowest BCUT2D eigenvalue weighted by Crippen LogP contribution is -2.15. The minimum absolute atomic E-state index is 0.0547. The maximum atomic E-state index is 12.9. The molecule has 0 bridgehead atoms. The van der Waals surface area contributed by atoms with Crippen molar-refractivity contribution in [3.63, 3.8) is 0 Å². The number of alkyl halides is 3. The van der Waals surface area contributed by atoms with Crippen LogP contribution in [-0.4, -0.2) is 21.4 Å². The van der Waals surface area contributed by atoms with Crippen molar-refractivity contribution in [3.05, 3.63) is 89.7 Å². The highest BCUT2D eigenvalue weighted by Crippen LogP contribution is 2.30. The van der Waals surface area contributed by atoms with Gasteiger partial charge in [-0.1, -0.05) is 65.8 Å². The fourth-order valence-electron chi connectivity index (χ4n) is 3.26. The molecule has 4 aromatic rings. The Balaban J connectivity index is 1.52. The van der Waals surface area contributed by atoms with E-state index in [-0.39, 0.29) is 11.7 Å². The molecule has 0 fully saturated rings. The molecule has 2 N–H and O–H groups in total. The number of amidine groups is 1. The third kappa shape index (κ3) is 4.18. The van der Waals surface area contributed by atoms with Gasteiger partial charge in [-0.3, -0.25) is 0 Å². The smallest absolute Gasteiger partial charge is 0.380 e. The number of carbonyl (C=O) groups excluding carboxylic acids is 1. The van der Waals surface area contributed by atoms with Gasteiger partial charge in [0.1, 0.15) is 5.82 Å². The zero-order valence-corrected chi connectivity index (χ0v) is 16.8. The molecule has 0 unspecified atom stereocenters. The van der Waals surface area contributed by atoms with Crippen molar-refractivity contribution in [2.24, 2.45) is 17.9 Å². The first kappa shape index (κ1) is 21.1. The number of rotatable bonds is 4. The van der Waals surface area contributed by atoms with Crippen molar-refractivity contribution in [2.75, 3.05) is 0 Å².